The maximum atomic E-state index is 14.0. The van der Waals surface area contributed by atoms with Crippen molar-refractivity contribution in [1.82, 2.24) is 15.0 Å². The number of rotatable bonds is 9. The lowest BCUT2D eigenvalue weighted by molar-refractivity contribution is 0.103. The van der Waals surface area contributed by atoms with Gasteiger partial charge in [-0.3, -0.25) is 4.79 Å². The SMILES string of the molecule is C=CCc1c(-c2cc(-c3nccs3)cc(-c3nccs3)c2C(=O)c2nccs2)ccc(OC)c1OC. The van der Waals surface area contributed by atoms with Crippen LogP contribution in [0.5, 0.6) is 11.5 Å². The molecule has 0 aliphatic rings. The van der Waals surface area contributed by atoms with Crippen LogP contribution in [-0.4, -0.2) is 35.0 Å². The van der Waals surface area contributed by atoms with Crippen LogP contribution in [0.1, 0.15) is 20.9 Å². The summed E-state index contributed by atoms with van der Waals surface area (Å²) in [4.78, 5) is 27.4. The third kappa shape index (κ3) is 4.37. The average molecular weight is 532 g/mol. The largest absolute Gasteiger partial charge is 0.493 e. The minimum absolute atomic E-state index is 0.157. The van der Waals surface area contributed by atoms with Gasteiger partial charge in [-0.05, 0) is 35.7 Å². The van der Waals surface area contributed by atoms with Crippen molar-refractivity contribution in [2.24, 2.45) is 0 Å². The number of allylic oxidation sites excluding steroid dienone is 1. The number of ether oxygens (including phenoxy) is 2. The Labute approximate surface area is 220 Å². The summed E-state index contributed by atoms with van der Waals surface area (Å²) < 4.78 is 11.3. The fraction of sp³-hybridized carbons (Fsp3) is 0.111. The first-order chi connectivity index (χ1) is 17.7. The number of nitrogens with zero attached hydrogens (tertiary/aromatic N) is 3. The van der Waals surface area contributed by atoms with Gasteiger partial charge in [0.05, 0.1) is 14.2 Å². The molecule has 5 aromatic rings. The Morgan fingerprint density at radius 1 is 0.889 bits per heavy atom. The second kappa shape index (κ2) is 10.5. The number of thiazole rings is 3. The van der Waals surface area contributed by atoms with Crippen LogP contribution >= 0.6 is 34.0 Å². The first-order valence-electron chi connectivity index (χ1n) is 10.9. The van der Waals surface area contributed by atoms with Gasteiger partial charge < -0.3 is 9.47 Å². The topological polar surface area (TPSA) is 74.2 Å². The van der Waals surface area contributed by atoms with Gasteiger partial charge in [0.25, 0.3) is 0 Å². The molecule has 0 radical (unpaired) electrons. The van der Waals surface area contributed by atoms with Crippen molar-refractivity contribution < 1.29 is 14.3 Å². The minimum Gasteiger partial charge on any atom is -0.493 e. The zero-order valence-electron chi connectivity index (χ0n) is 19.6. The molecule has 6 nitrogen and oxygen atoms in total. The van der Waals surface area contributed by atoms with Gasteiger partial charge in [0.1, 0.15) is 10.0 Å². The van der Waals surface area contributed by atoms with Crippen LogP contribution in [0.4, 0.5) is 0 Å². The molecular formula is C27H21N3O3S3. The predicted octanol–water partition coefficient (Wildman–Crippen LogP) is 7.03. The van der Waals surface area contributed by atoms with E-state index in [1.54, 1.807) is 49.5 Å². The zero-order chi connectivity index (χ0) is 25.1. The molecule has 0 N–H and O–H groups in total. The highest BCUT2D eigenvalue weighted by Crippen LogP contribution is 2.44. The number of carbonyl (C=O) groups is 1. The van der Waals surface area contributed by atoms with Crippen LogP contribution in [0.3, 0.4) is 0 Å². The molecular weight excluding hydrogens is 511 g/mol. The number of benzene rings is 2. The van der Waals surface area contributed by atoms with Crippen LogP contribution < -0.4 is 9.47 Å². The predicted molar refractivity (Wildman–Crippen MR) is 147 cm³/mol. The van der Waals surface area contributed by atoms with Gasteiger partial charge in [-0.15, -0.1) is 40.6 Å². The van der Waals surface area contributed by atoms with Crippen molar-refractivity contribution >= 4 is 39.8 Å². The number of hydrogen-bond acceptors (Lipinski definition) is 9. The molecule has 5 rings (SSSR count). The Morgan fingerprint density at radius 3 is 2.19 bits per heavy atom. The number of aromatic nitrogens is 3. The van der Waals surface area contributed by atoms with Crippen LogP contribution in [0.2, 0.25) is 0 Å². The van der Waals surface area contributed by atoms with Crippen molar-refractivity contribution in [3.05, 3.63) is 87.8 Å². The second-order valence-corrected chi connectivity index (χ2v) is 10.3. The summed E-state index contributed by atoms with van der Waals surface area (Å²) in [7, 11) is 3.22. The van der Waals surface area contributed by atoms with E-state index >= 15 is 0 Å². The molecule has 0 amide bonds. The van der Waals surface area contributed by atoms with E-state index in [4.69, 9.17) is 9.47 Å². The first-order valence-corrected chi connectivity index (χ1v) is 13.6. The van der Waals surface area contributed by atoms with Gasteiger partial charge in [0.15, 0.2) is 16.5 Å². The standard InChI is InChI=1S/C27H21N3O3S3/c1-4-5-18-17(6-7-21(32-2)24(18)33-3)19-14-16(25-28-8-11-34-25)15-20(26-29-9-12-35-26)22(19)23(31)27-30-10-13-36-27/h4,6-15H,1,5H2,2-3H3. The fourth-order valence-corrected chi connectivity index (χ4v) is 6.01. The van der Waals surface area contributed by atoms with E-state index in [1.165, 1.54) is 22.7 Å². The second-order valence-electron chi connectivity index (χ2n) is 7.61. The highest BCUT2D eigenvalue weighted by atomic mass is 32.1. The van der Waals surface area contributed by atoms with Gasteiger partial charge >= 0.3 is 0 Å². The lowest BCUT2D eigenvalue weighted by Gasteiger charge is -2.20. The highest BCUT2D eigenvalue weighted by molar-refractivity contribution is 7.13. The normalized spacial score (nSPS) is 10.8. The van der Waals surface area contributed by atoms with E-state index in [0.717, 1.165) is 37.8 Å². The summed E-state index contributed by atoms with van der Waals surface area (Å²) in [6, 6.07) is 7.84. The molecule has 0 saturated carbocycles. The molecule has 0 atom stereocenters. The maximum absolute atomic E-state index is 14.0. The van der Waals surface area contributed by atoms with Crippen molar-refractivity contribution in [1.29, 1.82) is 0 Å². The van der Waals surface area contributed by atoms with Crippen LogP contribution in [0.15, 0.2) is 71.7 Å². The summed E-state index contributed by atoms with van der Waals surface area (Å²) in [5.41, 5.74) is 4.67. The Bertz CT molecular complexity index is 1510. The van der Waals surface area contributed by atoms with Crippen molar-refractivity contribution in [2.45, 2.75) is 6.42 Å². The molecule has 0 spiro atoms. The van der Waals surface area contributed by atoms with Gasteiger partial charge in [0.2, 0.25) is 5.78 Å². The van der Waals surface area contributed by atoms with Crippen molar-refractivity contribution in [3.8, 4) is 43.8 Å². The van der Waals surface area contributed by atoms with Crippen LogP contribution in [0.25, 0.3) is 32.3 Å². The van der Waals surface area contributed by atoms with Gasteiger partial charge in [0, 0.05) is 57.0 Å². The number of ketones is 1. The molecule has 0 unspecified atom stereocenters. The smallest absolute Gasteiger partial charge is 0.222 e. The molecule has 0 aliphatic heterocycles. The molecule has 36 heavy (non-hydrogen) atoms. The van der Waals surface area contributed by atoms with Gasteiger partial charge in [-0.2, -0.15) is 0 Å². The van der Waals surface area contributed by atoms with Crippen molar-refractivity contribution in [3.63, 3.8) is 0 Å². The third-order valence-electron chi connectivity index (χ3n) is 5.62. The molecule has 3 heterocycles. The quantitative estimate of drug-likeness (QED) is 0.150. The fourth-order valence-electron chi connectivity index (χ4n) is 4.15. The summed E-state index contributed by atoms with van der Waals surface area (Å²) in [5.74, 6) is 1.07. The Morgan fingerprint density at radius 2 is 1.58 bits per heavy atom. The van der Waals surface area contributed by atoms with E-state index in [1.807, 2.05) is 41.1 Å². The van der Waals surface area contributed by atoms with E-state index < -0.39 is 0 Å². The van der Waals surface area contributed by atoms with Crippen molar-refractivity contribution in [2.75, 3.05) is 14.2 Å². The lowest BCUT2D eigenvalue weighted by atomic mass is 9.87. The Hall–Kier alpha value is -3.66. The Balaban J connectivity index is 1.90. The summed E-state index contributed by atoms with van der Waals surface area (Å²) >= 11 is 4.34. The molecule has 0 aliphatic carbocycles. The minimum atomic E-state index is -0.157. The number of carbonyl (C=O) groups excluding carboxylic acids is 1. The number of hydrogen-bond donors (Lipinski definition) is 0. The highest BCUT2D eigenvalue weighted by Gasteiger charge is 2.27. The molecule has 2 aromatic carbocycles. The van der Waals surface area contributed by atoms with E-state index in [-0.39, 0.29) is 5.78 Å². The van der Waals surface area contributed by atoms with Crippen LogP contribution in [-0.2, 0) is 6.42 Å². The first kappa shape index (κ1) is 24.1. The Kier molecular flexibility index (Phi) is 7.04. The zero-order valence-corrected chi connectivity index (χ0v) is 22.0. The van der Waals surface area contributed by atoms with Gasteiger partial charge in [-0.1, -0.05) is 12.1 Å². The molecule has 3 aromatic heterocycles. The lowest BCUT2D eigenvalue weighted by Crippen LogP contribution is -2.08. The molecule has 180 valence electrons. The molecule has 0 bridgehead atoms. The summed E-state index contributed by atoms with van der Waals surface area (Å²) in [6.07, 6.45) is 7.50. The van der Waals surface area contributed by atoms with Gasteiger partial charge in [-0.25, -0.2) is 15.0 Å². The summed E-state index contributed by atoms with van der Waals surface area (Å²) in [6.45, 7) is 3.95. The van der Waals surface area contributed by atoms with E-state index in [9.17, 15) is 4.79 Å². The van der Waals surface area contributed by atoms with E-state index in [2.05, 4.69) is 21.5 Å². The average Bonchev–Trinajstić information content (AvgIpc) is 3.71. The monoisotopic (exact) mass is 531 g/mol. The number of methoxy groups -OCH3 is 2. The molecule has 9 heteroatoms. The van der Waals surface area contributed by atoms with E-state index in [0.29, 0.717) is 28.5 Å². The maximum Gasteiger partial charge on any atom is 0.222 e. The molecule has 0 saturated heterocycles. The summed E-state index contributed by atoms with van der Waals surface area (Å²) in [5, 5.41) is 7.67. The van der Waals surface area contributed by atoms with Crippen LogP contribution in [0, 0.1) is 0 Å². The third-order valence-corrected chi connectivity index (χ3v) is 8.02. The molecule has 0 fully saturated rings.